The zero-order valence-electron chi connectivity index (χ0n) is 13.2. The van der Waals surface area contributed by atoms with E-state index in [9.17, 15) is 9.18 Å². The molecule has 1 amide bonds. The fraction of sp³-hybridized carbons (Fsp3) is 0.278. The number of hydrogen-bond acceptors (Lipinski definition) is 2. The van der Waals surface area contributed by atoms with E-state index in [-0.39, 0.29) is 24.1 Å². The average molecular weight is 337 g/mol. The van der Waals surface area contributed by atoms with E-state index in [1.165, 1.54) is 12.1 Å². The summed E-state index contributed by atoms with van der Waals surface area (Å²) < 4.78 is 12.8. The maximum atomic E-state index is 12.8. The van der Waals surface area contributed by atoms with Gasteiger partial charge in [0.25, 0.3) is 0 Å². The number of rotatable bonds is 6. The Morgan fingerprint density at radius 2 is 1.74 bits per heavy atom. The van der Waals surface area contributed by atoms with E-state index in [1.807, 2.05) is 24.3 Å². The normalized spacial score (nSPS) is 10.0. The SMILES string of the molecule is CN(CCc1ccc(F)cc1)C(=O)CCc1ccccc1N.Cl. The summed E-state index contributed by atoms with van der Waals surface area (Å²) in [5, 5.41) is 0. The molecule has 0 atom stereocenters. The lowest BCUT2D eigenvalue weighted by atomic mass is 10.1. The molecule has 0 fully saturated rings. The van der Waals surface area contributed by atoms with Crippen molar-refractivity contribution in [1.29, 1.82) is 0 Å². The lowest BCUT2D eigenvalue weighted by Crippen LogP contribution is -2.29. The van der Waals surface area contributed by atoms with E-state index in [0.29, 0.717) is 19.4 Å². The van der Waals surface area contributed by atoms with E-state index in [2.05, 4.69) is 0 Å². The largest absolute Gasteiger partial charge is 0.399 e. The van der Waals surface area contributed by atoms with Gasteiger partial charge in [-0.2, -0.15) is 0 Å². The predicted molar refractivity (Wildman–Crippen MR) is 94.2 cm³/mol. The third kappa shape index (κ3) is 5.91. The van der Waals surface area contributed by atoms with Crippen LogP contribution in [0, 0.1) is 5.82 Å². The quantitative estimate of drug-likeness (QED) is 0.821. The molecular weight excluding hydrogens is 315 g/mol. The Kier molecular flexibility index (Phi) is 7.55. The van der Waals surface area contributed by atoms with Crippen LogP contribution < -0.4 is 5.73 Å². The number of nitrogen functional groups attached to an aromatic ring is 1. The maximum Gasteiger partial charge on any atom is 0.222 e. The number of benzene rings is 2. The minimum atomic E-state index is -0.242. The van der Waals surface area contributed by atoms with E-state index < -0.39 is 0 Å². The van der Waals surface area contributed by atoms with E-state index in [0.717, 1.165) is 23.2 Å². The Hall–Kier alpha value is -2.07. The summed E-state index contributed by atoms with van der Waals surface area (Å²) in [5.74, 6) is -0.154. The van der Waals surface area contributed by atoms with Crippen LogP contribution in [0.15, 0.2) is 48.5 Å². The average Bonchev–Trinajstić information content (AvgIpc) is 2.53. The van der Waals surface area contributed by atoms with Gasteiger partial charge in [-0.15, -0.1) is 12.4 Å². The van der Waals surface area contributed by atoms with E-state index >= 15 is 0 Å². The molecule has 0 aliphatic carbocycles. The summed E-state index contributed by atoms with van der Waals surface area (Å²) >= 11 is 0. The first-order chi connectivity index (χ1) is 10.6. The van der Waals surface area contributed by atoms with E-state index in [4.69, 9.17) is 5.73 Å². The molecule has 0 aliphatic rings. The van der Waals surface area contributed by atoms with Gasteiger partial charge in [0.15, 0.2) is 0 Å². The van der Waals surface area contributed by atoms with Gasteiger partial charge >= 0.3 is 0 Å². The molecule has 0 saturated carbocycles. The highest BCUT2D eigenvalue weighted by molar-refractivity contribution is 5.85. The standard InChI is InChI=1S/C18H21FN2O.ClH/c1-21(13-12-14-6-9-16(19)10-7-14)18(22)11-8-15-4-2-3-5-17(15)20;/h2-7,9-10H,8,11-13,20H2,1H3;1H. The summed E-state index contributed by atoms with van der Waals surface area (Å²) in [6.45, 7) is 0.620. The van der Waals surface area contributed by atoms with Crippen LogP contribution in [-0.4, -0.2) is 24.4 Å². The third-order valence-corrected chi connectivity index (χ3v) is 3.74. The fourth-order valence-corrected chi connectivity index (χ4v) is 2.27. The number of para-hydroxylation sites is 1. The molecule has 0 spiro atoms. The minimum absolute atomic E-state index is 0. The van der Waals surface area contributed by atoms with Crippen molar-refractivity contribution in [3.8, 4) is 0 Å². The van der Waals surface area contributed by atoms with Gasteiger partial charge in [-0.3, -0.25) is 4.79 Å². The first-order valence-corrected chi connectivity index (χ1v) is 7.38. The van der Waals surface area contributed by atoms with Crippen LogP contribution in [0.25, 0.3) is 0 Å². The number of likely N-dealkylation sites (N-methyl/N-ethyl adjacent to an activating group) is 1. The summed E-state index contributed by atoms with van der Waals surface area (Å²) in [4.78, 5) is 13.8. The van der Waals surface area contributed by atoms with Crippen molar-refractivity contribution in [3.05, 3.63) is 65.5 Å². The molecular formula is C18H22ClFN2O. The number of carbonyl (C=O) groups is 1. The second-order valence-electron chi connectivity index (χ2n) is 5.39. The van der Waals surface area contributed by atoms with Crippen LogP contribution in [0.2, 0.25) is 0 Å². The topological polar surface area (TPSA) is 46.3 Å². The van der Waals surface area contributed by atoms with Crippen molar-refractivity contribution in [2.75, 3.05) is 19.3 Å². The molecule has 0 aliphatic heterocycles. The summed E-state index contributed by atoms with van der Waals surface area (Å²) in [7, 11) is 1.79. The lowest BCUT2D eigenvalue weighted by molar-refractivity contribution is -0.129. The molecule has 2 aromatic rings. The van der Waals surface area contributed by atoms with Gasteiger partial charge in [0, 0.05) is 25.7 Å². The van der Waals surface area contributed by atoms with Gasteiger partial charge in [-0.1, -0.05) is 30.3 Å². The smallest absolute Gasteiger partial charge is 0.222 e. The van der Waals surface area contributed by atoms with Gasteiger partial charge in [0.05, 0.1) is 0 Å². The highest BCUT2D eigenvalue weighted by atomic mass is 35.5. The van der Waals surface area contributed by atoms with Gasteiger partial charge in [-0.05, 0) is 42.2 Å². The number of halogens is 2. The van der Waals surface area contributed by atoms with Gasteiger partial charge in [0.1, 0.15) is 5.82 Å². The zero-order chi connectivity index (χ0) is 15.9. The second kappa shape index (κ2) is 9.16. The monoisotopic (exact) mass is 336 g/mol. The number of amides is 1. The summed E-state index contributed by atoms with van der Waals surface area (Å²) in [6, 6.07) is 14.0. The van der Waals surface area contributed by atoms with Crippen LogP contribution in [0.3, 0.4) is 0 Å². The molecule has 124 valence electrons. The molecule has 0 heterocycles. The minimum Gasteiger partial charge on any atom is -0.399 e. The van der Waals surface area contributed by atoms with Crippen molar-refractivity contribution < 1.29 is 9.18 Å². The number of nitrogens with two attached hydrogens (primary N) is 1. The van der Waals surface area contributed by atoms with Crippen LogP contribution in [0.4, 0.5) is 10.1 Å². The molecule has 2 aromatic carbocycles. The highest BCUT2D eigenvalue weighted by Gasteiger charge is 2.10. The molecule has 23 heavy (non-hydrogen) atoms. The molecule has 5 heteroatoms. The summed E-state index contributed by atoms with van der Waals surface area (Å²) in [5.41, 5.74) is 8.62. The Bertz CT molecular complexity index is 631. The predicted octanol–water partition coefficient (Wildman–Crippen LogP) is 3.46. The Morgan fingerprint density at radius 3 is 2.39 bits per heavy atom. The molecule has 0 unspecified atom stereocenters. The Labute approximate surface area is 142 Å². The Morgan fingerprint density at radius 1 is 1.09 bits per heavy atom. The van der Waals surface area contributed by atoms with E-state index in [1.54, 1.807) is 24.1 Å². The van der Waals surface area contributed by atoms with Crippen molar-refractivity contribution in [2.24, 2.45) is 0 Å². The third-order valence-electron chi connectivity index (χ3n) is 3.74. The first kappa shape index (κ1) is 19.0. The number of anilines is 1. The molecule has 0 saturated heterocycles. The van der Waals surface area contributed by atoms with Gasteiger partial charge < -0.3 is 10.6 Å². The Balaban J connectivity index is 0.00000264. The van der Waals surface area contributed by atoms with Crippen molar-refractivity contribution in [2.45, 2.75) is 19.3 Å². The lowest BCUT2D eigenvalue weighted by Gasteiger charge is -2.17. The molecule has 2 N–H and O–H groups in total. The van der Waals surface area contributed by atoms with Gasteiger partial charge in [0.2, 0.25) is 5.91 Å². The number of nitrogens with zero attached hydrogens (tertiary/aromatic N) is 1. The van der Waals surface area contributed by atoms with Crippen LogP contribution >= 0.6 is 12.4 Å². The van der Waals surface area contributed by atoms with Crippen LogP contribution in [0.5, 0.6) is 0 Å². The fourth-order valence-electron chi connectivity index (χ4n) is 2.27. The first-order valence-electron chi connectivity index (χ1n) is 7.38. The van der Waals surface area contributed by atoms with Gasteiger partial charge in [-0.25, -0.2) is 4.39 Å². The number of hydrogen-bond donors (Lipinski definition) is 1. The second-order valence-corrected chi connectivity index (χ2v) is 5.39. The van der Waals surface area contributed by atoms with Crippen LogP contribution in [0.1, 0.15) is 17.5 Å². The van der Waals surface area contributed by atoms with Crippen molar-refractivity contribution in [3.63, 3.8) is 0 Å². The van der Waals surface area contributed by atoms with Crippen LogP contribution in [-0.2, 0) is 17.6 Å². The van der Waals surface area contributed by atoms with Crippen molar-refractivity contribution >= 4 is 24.0 Å². The highest BCUT2D eigenvalue weighted by Crippen LogP contribution is 2.13. The maximum absolute atomic E-state index is 12.8. The molecule has 2 rings (SSSR count). The number of carbonyl (C=O) groups excluding carboxylic acids is 1. The molecule has 0 bridgehead atoms. The summed E-state index contributed by atoms with van der Waals surface area (Å²) in [6.07, 6.45) is 1.80. The molecule has 3 nitrogen and oxygen atoms in total. The molecule has 0 aromatic heterocycles. The number of aryl methyl sites for hydroxylation is 1. The molecule has 0 radical (unpaired) electrons. The zero-order valence-corrected chi connectivity index (χ0v) is 14.0. The van der Waals surface area contributed by atoms with Crippen molar-refractivity contribution in [1.82, 2.24) is 4.90 Å².